The van der Waals surface area contributed by atoms with E-state index in [1.54, 1.807) is 17.4 Å². The quantitative estimate of drug-likeness (QED) is 0.661. The highest BCUT2D eigenvalue weighted by atomic mass is 35.5. The monoisotopic (exact) mass is 270 g/mol. The normalized spacial score (nSPS) is 12.6. The molecule has 5 heteroatoms. The van der Waals surface area contributed by atoms with Gasteiger partial charge in [-0.25, -0.2) is 4.39 Å². The summed E-state index contributed by atoms with van der Waals surface area (Å²) in [7, 11) is 0. The van der Waals surface area contributed by atoms with E-state index >= 15 is 0 Å². The molecule has 0 fully saturated rings. The van der Waals surface area contributed by atoms with Crippen molar-refractivity contribution in [1.29, 1.82) is 0 Å². The molecule has 2 nitrogen and oxygen atoms in total. The molecule has 0 bridgehead atoms. The minimum atomic E-state index is -0.397. The maximum atomic E-state index is 13.3. The molecule has 0 aliphatic rings. The Morgan fingerprint density at radius 1 is 1.35 bits per heavy atom. The summed E-state index contributed by atoms with van der Waals surface area (Å²) in [6, 6.07) is 8.71. The molecule has 0 aliphatic heterocycles. The maximum Gasteiger partial charge on any atom is 0.142 e. The summed E-state index contributed by atoms with van der Waals surface area (Å²) in [4.78, 5) is 1.10. The second kappa shape index (κ2) is 5.60. The second-order valence-electron chi connectivity index (χ2n) is 3.65. The number of halogens is 2. The Balaban J connectivity index is 2.22. The van der Waals surface area contributed by atoms with E-state index in [9.17, 15) is 4.39 Å². The molecule has 0 amide bonds. The lowest BCUT2D eigenvalue weighted by Gasteiger charge is -2.15. The Labute approximate surface area is 108 Å². The first-order chi connectivity index (χ1) is 8.22. The summed E-state index contributed by atoms with van der Waals surface area (Å²) in [5.41, 5.74) is 3.48. The Morgan fingerprint density at radius 3 is 2.82 bits per heavy atom. The van der Waals surface area contributed by atoms with E-state index in [-0.39, 0.29) is 11.1 Å². The highest BCUT2D eigenvalue weighted by Crippen LogP contribution is 2.27. The molecule has 1 aromatic heterocycles. The second-order valence-corrected chi connectivity index (χ2v) is 5.01. The van der Waals surface area contributed by atoms with Gasteiger partial charge in [-0.05, 0) is 29.5 Å². The van der Waals surface area contributed by atoms with Gasteiger partial charge in [0.2, 0.25) is 0 Å². The zero-order valence-corrected chi connectivity index (χ0v) is 10.6. The van der Waals surface area contributed by atoms with Gasteiger partial charge in [-0.15, -0.1) is 11.3 Å². The van der Waals surface area contributed by atoms with Crippen LogP contribution in [0.25, 0.3) is 0 Å². The molecule has 2 aromatic rings. The number of thiophene rings is 1. The van der Waals surface area contributed by atoms with Crippen LogP contribution in [0, 0.1) is 5.82 Å². The van der Waals surface area contributed by atoms with Gasteiger partial charge in [-0.3, -0.25) is 11.3 Å². The number of hydrogen-bond donors (Lipinski definition) is 2. The molecule has 1 aromatic carbocycles. The number of hydrazine groups is 1. The van der Waals surface area contributed by atoms with Crippen LogP contribution in [-0.4, -0.2) is 0 Å². The van der Waals surface area contributed by atoms with E-state index in [1.165, 1.54) is 6.07 Å². The van der Waals surface area contributed by atoms with E-state index in [0.29, 0.717) is 6.42 Å². The van der Waals surface area contributed by atoms with Crippen molar-refractivity contribution in [2.24, 2.45) is 5.84 Å². The first-order valence-corrected chi connectivity index (χ1v) is 6.40. The lowest BCUT2D eigenvalue weighted by molar-refractivity contribution is 0.557. The van der Waals surface area contributed by atoms with Gasteiger partial charge in [0.1, 0.15) is 5.82 Å². The molecule has 1 atom stereocenters. The van der Waals surface area contributed by atoms with Crippen molar-refractivity contribution in [3.8, 4) is 0 Å². The molecule has 3 N–H and O–H groups in total. The topological polar surface area (TPSA) is 38.0 Å². The number of nitrogens with one attached hydrogen (secondary N) is 1. The van der Waals surface area contributed by atoms with Crippen LogP contribution in [0.3, 0.4) is 0 Å². The lowest BCUT2D eigenvalue weighted by atomic mass is 10.0. The molecular formula is C12H12ClFN2S. The highest BCUT2D eigenvalue weighted by Gasteiger charge is 2.14. The van der Waals surface area contributed by atoms with Crippen molar-refractivity contribution in [1.82, 2.24) is 5.43 Å². The largest absolute Gasteiger partial charge is 0.271 e. The summed E-state index contributed by atoms with van der Waals surface area (Å²) in [5, 5.41) is 2.15. The Bertz CT molecular complexity index is 487. The SMILES string of the molecule is NNC(Cc1cccc(F)c1Cl)c1cccs1. The van der Waals surface area contributed by atoms with E-state index in [0.717, 1.165) is 10.4 Å². The van der Waals surface area contributed by atoms with Crippen molar-refractivity contribution in [2.45, 2.75) is 12.5 Å². The predicted molar refractivity (Wildman–Crippen MR) is 69.5 cm³/mol. The van der Waals surface area contributed by atoms with Gasteiger partial charge < -0.3 is 0 Å². The Hall–Kier alpha value is -0.940. The molecule has 0 saturated heterocycles. The van der Waals surface area contributed by atoms with Crippen LogP contribution >= 0.6 is 22.9 Å². The van der Waals surface area contributed by atoms with Gasteiger partial charge in [-0.1, -0.05) is 29.8 Å². The van der Waals surface area contributed by atoms with E-state index in [4.69, 9.17) is 17.4 Å². The average Bonchev–Trinajstić information content (AvgIpc) is 2.85. The molecule has 2 rings (SSSR count). The van der Waals surface area contributed by atoms with Gasteiger partial charge in [0.05, 0.1) is 11.1 Å². The Morgan fingerprint density at radius 2 is 2.18 bits per heavy atom. The van der Waals surface area contributed by atoms with Crippen molar-refractivity contribution >= 4 is 22.9 Å². The van der Waals surface area contributed by atoms with Gasteiger partial charge >= 0.3 is 0 Å². The van der Waals surface area contributed by atoms with Crippen LogP contribution in [-0.2, 0) is 6.42 Å². The number of hydrogen-bond acceptors (Lipinski definition) is 3. The van der Waals surface area contributed by atoms with Gasteiger partial charge in [-0.2, -0.15) is 0 Å². The first kappa shape index (κ1) is 12.5. The fraction of sp³-hybridized carbons (Fsp3) is 0.167. The summed E-state index contributed by atoms with van der Waals surface area (Å²) >= 11 is 7.52. The summed E-state index contributed by atoms with van der Waals surface area (Å²) in [5.74, 6) is 5.12. The smallest absolute Gasteiger partial charge is 0.142 e. The molecule has 1 heterocycles. The average molecular weight is 271 g/mol. The van der Waals surface area contributed by atoms with Crippen LogP contribution in [0.1, 0.15) is 16.5 Å². The molecule has 1 unspecified atom stereocenters. The summed E-state index contributed by atoms with van der Waals surface area (Å²) in [6.45, 7) is 0. The molecule has 0 spiro atoms. The maximum absolute atomic E-state index is 13.3. The van der Waals surface area contributed by atoms with Crippen LogP contribution in [0.15, 0.2) is 35.7 Å². The third-order valence-corrected chi connectivity index (χ3v) is 3.95. The van der Waals surface area contributed by atoms with Crippen LogP contribution < -0.4 is 11.3 Å². The zero-order chi connectivity index (χ0) is 12.3. The lowest BCUT2D eigenvalue weighted by Crippen LogP contribution is -2.29. The molecule has 0 aliphatic carbocycles. The van der Waals surface area contributed by atoms with Crippen molar-refractivity contribution in [3.63, 3.8) is 0 Å². The molecule has 0 saturated carbocycles. The summed E-state index contributed by atoms with van der Waals surface area (Å²) < 4.78 is 13.3. The minimum absolute atomic E-state index is 0.0469. The van der Waals surface area contributed by atoms with Crippen molar-refractivity contribution < 1.29 is 4.39 Å². The van der Waals surface area contributed by atoms with Crippen LogP contribution in [0.5, 0.6) is 0 Å². The third-order valence-electron chi connectivity index (χ3n) is 2.54. The van der Waals surface area contributed by atoms with E-state index in [2.05, 4.69) is 5.43 Å². The van der Waals surface area contributed by atoms with E-state index in [1.807, 2.05) is 23.6 Å². The van der Waals surface area contributed by atoms with Gasteiger partial charge in [0.15, 0.2) is 0 Å². The Kier molecular flexibility index (Phi) is 4.12. The fourth-order valence-electron chi connectivity index (χ4n) is 1.66. The molecule has 17 heavy (non-hydrogen) atoms. The standard InChI is InChI=1S/C12H12ClFN2S/c13-12-8(3-1-4-9(12)14)7-10(16-15)11-5-2-6-17-11/h1-6,10,16H,7,15H2. The molecule has 90 valence electrons. The summed E-state index contributed by atoms with van der Waals surface area (Å²) in [6.07, 6.45) is 0.563. The highest BCUT2D eigenvalue weighted by molar-refractivity contribution is 7.10. The number of rotatable bonds is 4. The van der Waals surface area contributed by atoms with Crippen LogP contribution in [0.4, 0.5) is 4.39 Å². The van der Waals surface area contributed by atoms with Crippen LogP contribution in [0.2, 0.25) is 5.02 Å². The van der Waals surface area contributed by atoms with Crippen molar-refractivity contribution in [3.05, 3.63) is 57.0 Å². The van der Waals surface area contributed by atoms with Gasteiger partial charge in [0.25, 0.3) is 0 Å². The van der Waals surface area contributed by atoms with E-state index < -0.39 is 5.82 Å². The minimum Gasteiger partial charge on any atom is -0.271 e. The zero-order valence-electron chi connectivity index (χ0n) is 8.99. The predicted octanol–water partition coefficient (Wildman–Crippen LogP) is 3.29. The molecule has 0 radical (unpaired) electrons. The number of nitrogens with two attached hydrogens (primary N) is 1. The first-order valence-electron chi connectivity index (χ1n) is 5.14. The van der Waals surface area contributed by atoms with Gasteiger partial charge in [0, 0.05) is 4.88 Å². The van der Waals surface area contributed by atoms with Crippen molar-refractivity contribution in [2.75, 3.05) is 0 Å². The fourth-order valence-corrected chi connectivity index (χ4v) is 2.65. The number of benzene rings is 1. The molecular weight excluding hydrogens is 259 g/mol. The third kappa shape index (κ3) is 2.84.